The molecule has 0 atom stereocenters. The second-order valence-electron chi connectivity index (χ2n) is 33.1. The maximum Gasteiger partial charge on any atom is 0.0462 e. The van der Waals surface area contributed by atoms with Gasteiger partial charge in [-0.05, 0) is 356 Å². The number of benzene rings is 17. The summed E-state index contributed by atoms with van der Waals surface area (Å²) in [5.74, 6) is 0. The molecule has 0 saturated heterocycles. The van der Waals surface area contributed by atoms with Gasteiger partial charge in [0.05, 0.1) is 0 Å². The quantitative estimate of drug-likeness (QED) is 0.0419. The first-order chi connectivity index (χ1) is 64.4. The summed E-state index contributed by atoms with van der Waals surface area (Å²) in [6.07, 6.45) is 18.0. The molecule has 0 spiro atoms. The van der Waals surface area contributed by atoms with E-state index in [9.17, 15) is 0 Å². The van der Waals surface area contributed by atoms with Crippen LogP contribution in [-0.4, -0.2) is 0 Å². The molecule has 17 aromatic carbocycles. The fourth-order valence-electron chi connectivity index (χ4n) is 16.0. The van der Waals surface area contributed by atoms with Crippen LogP contribution in [-0.2, 0) is 32.1 Å². The van der Waals surface area contributed by atoms with E-state index in [4.69, 9.17) is 0 Å². The van der Waals surface area contributed by atoms with Gasteiger partial charge in [0.15, 0.2) is 0 Å². The molecular formula is C122H119Br3N6. The number of unbranched alkanes of at least 4 members (excludes halogenated alkanes) is 5. The Morgan fingerprint density at radius 3 is 0.504 bits per heavy atom. The largest absolute Gasteiger partial charge is 0.356 e. The molecule has 0 aliphatic heterocycles. The number of rotatable bonds is 34. The zero-order chi connectivity index (χ0) is 90.6. The van der Waals surface area contributed by atoms with E-state index < -0.39 is 0 Å². The first-order valence-electron chi connectivity index (χ1n) is 46.6. The zero-order valence-electron chi connectivity index (χ0n) is 76.1. The summed E-state index contributed by atoms with van der Waals surface area (Å²) in [6.45, 7) is 11.2. The third kappa shape index (κ3) is 27.5. The fourth-order valence-corrected chi connectivity index (χ4v) is 16.8. The molecule has 0 aromatic heterocycles. The van der Waals surface area contributed by atoms with E-state index in [0.717, 1.165) is 119 Å². The lowest BCUT2D eigenvalue weighted by Gasteiger charge is -2.26. The molecule has 131 heavy (non-hydrogen) atoms. The molecule has 658 valence electrons. The molecule has 17 rings (SSSR count). The topological polar surface area (TPSA) is 37.0 Å². The summed E-state index contributed by atoms with van der Waals surface area (Å²) in [5, 5.41) is 6.82. The van der Waals surface area contributed by atoms with Crippen LogP contribution in [0.2, 0.25) is 0 Å². The maximum absolute atomic E-state index is 3.61. The highest BCUT2D eigenvalue weighted by atomic mass is 79.9. The van der Waals surface area contributed by atoms with E-state index in [2.05, 4.69) is 513 Å². The summed E-state index contributed by atoms with van der Waals surface area (Å²) < 4.78 is 3.31. The second kappa shape index (κ2) is 49.7. The Labute approximate surface area is 804 Å². The van der Waals surface area contributed by atoms with Crippen molar-refractivity contribution < 1.29 is 0 Å². The third-order valence-corrected chi connectivity index (χ3v) is 25.0. The van der Waals surface area contributed by atoms with Crippen molar-refractivity contribution in [2.75, 3.05) is 30.2 Å². The highest BCUT2D eigenvalue weighted by molar-refractivity contribution is 9.11. The Morgan fingerprint density at radius 1 is 0.160 bits per heavy atom. The number of halogens is 3. The summed E-state index contributed by atoms with van der Waals surface area (Å²) in [6, 6.07) is 156. The molecule has 0 amide bonds. The average molecular weight is 1910 g/mol. The van der Waals surface area contributed by atoms with Crippen molar-refractivity contribution in [1.82, 2.24) is 0 Å². The lowest BCUT2D eigenvalue weighted by atomic mass is 10.0. The van der Waals surface area contributed by atoms with Gasteiger partial charge in [-0.25, -0.2) is 0 Å². The van der Waals surface area contributed by atoms with Gasteiger partial charge in [0, 0.05) is 104 Å². The second-order valence-corrected chi connectivity index (χ2v) is 35.8. The molecule has 2 N–H and O–H groups in total. The van der Waals surface area contributed by atoms with E-state index in [1.165, 1.54) is 143 Å². The molecule has 6 nitrogen and oxygen atoms in total. The van der Waals surface area contributed by atoms with Gasteiger partial charge in [-0.1, -0.05) is 321 Å². The zero-order valence-corrected chi connectivity index (χ0v) is 80.9. The SMILES string of the molecule is CCCCc1ccc(Br)cc1.CCCCc1ccc(N(c2ccc(Br)cc2)c2ccc(-c3ccc(N(c4ccc(Br)cc4)c4ccc(CCCC)cc4)cc3)cc2)cc1.CCCCc1ccc(N(c2ccccc2)c2ccc(-c3ccc(N(c4ccccc4)c4ccc(CCCC)cc4)cc3)cc2)cc1.c1ccc(Nc2ccc(-c3ccc(Nc4ccccc4)cc3)cc2)cc1. The summed E-state index contributed by atoms with van der Waals surface area (Å²) in [7, 11) is 0. The highest BCUT2D eigenvalue weighted by Gasteiger charge is 2.19. The van der Waals surface area contributed by atoms with Crippen molar-refractivity contribution in [2.24, 2.45) is 0 Å². The van der Waals surface area contributed by atoms with E-state index in [1.54, 1.807) is 0 Å². The Balaban J connectivity index is 0.000000154. The van der Waals surface area contributed by atoms with Crippen LogP contribution in [0.1, 0.15) is 127 Å². The van der Waals surface area contributed by atoms with Gasteiger partial charge in [0.25, 0.3) is 0 Å². The van der Waals surface area contributed by atoms with Crippen LogP contribution in [0.3, 0.4) is 0 Å². The van der Waals surface area contributed by atoms with E-state index in [0.29, 0.717) is 0 Å². The van der Waals surface area contributed by atoms with Gasteiger partial charge >= 0.3 is 0 Å². The molecule has 17 aromatic rings. The predicted molar refractivity (Wildman–Crippen MR) is 576 cm³/mol. The van der Waals surface area contributed by atoms with Crippen molar-refractivity contribution in [3.8, 4) is 33.4 Å². The summed E-state index contributed by atoms with van der Waals surface area (Å²) >= 11 is 10.6. The molecule has 0 saturated carbocycles. The van der Waals surface area contributed by atoms with Crippen molar-refractivity contribution >= 4 is 139 Å². The van der Waals surface area contributed by atoms with Crippen molar-refractivity contribution in [3.05, 3.63) is 478 Å². The molecule has 9 heteroatoms. The van der Waals surface area contributed by atoms with Crippen molar-refractivity contribution in [2.45, 2.75) is 131 Å². The minimum Gasteiger partial charge on any atom is -0.356 e. The van der Waals surface area contributed by atoms with E-state index in [-0.39, 0.29) is 0 Å². The average Bonchev–Trinajstić information content (AvgIpc) is 0.848. The monoisotopic (exact) mass is 1900 g/mol. The van der Waals surface area contributed by atoms with Crippen LogP contribution in [0, 0.1) is 0 Å². The van der Waals surface area contributed by atoms with Crippen molar-refractivity contribution in [3.63, 3.8) is 0 Å². The fraction of sp³-hybridized carbons (Fsp3) is 0.164. The van der Waals surface area contributed by atoms with E-state index >= 15 is 0 Å². The molecule has 0 heterocycles. The van der Waals surface area contributed by atoms with E-state index in [1.807, 2.05) is 36.4 Å². The third-order valence-electron chi connectivity index (χ3n) is 23.4. The predicted octanol–water partition coefficient (Wildman–Crippen LogP) is 38.1. The number of para-hydroxylation sites is 4. The Hall–Kier alpha value is -13.0. The number of nitrogens with zero attached hydrogens (tertiary/aromatic N) is 4. The van der Waals surface area contributed by atoms with Gasteiger partial charge in [-0.15, -0.1) is 0 Å². The van der Waals surface area contributed by atoms with Crippen LogP contribution < -0.4 is 30.2 Å². The lowest BCUT2D eigenvalue weighted by molar-refractivity contribution is 0.795. The molecular weight excluding hydrogens is 1790 g/mol. The Kier molecular flexibility index (Phi) is 35.7. The van der Waals surface area contributed by atoms with Gasteiger partial charge < -0.3 is 30.2 Å². The molecule has 0 aliphatic rings. The molecule has 0 bridgehead atoms. The van der Waals surface area contributed by atoms with Crippen LogP contribution >= 0.6 is 47.8 Å². The standard InChI is InChI=1S/C44H42Br2N2.C44H44N2.C24H20N2.C10H13Br/c1-3-5-7-33-9-21-39(22-10-33)47(43-29-17-37(45)18-30-43)41-25-13-35(14-26-41)36-15-27-42(28-16-36)48(44-31-19-38(46)20-32-44)40-23-11-34(12-24-40)8-6-4-2;1-3-5-13-35-19-27-41(28-20-35)45(39-15-9-7-10-16-39)43-31-23-37(24-32-43)38-25-33-44(34-26-38)46(40-17-11-8-12-18-40)42-29-21-36(22-30-42)14-6-4-2;1-3-7-21(8-4-1)25-23-15-11-19(12-16-23)20-13-17-24(18-14-20)26-22-9-5-2-6-10-22;1-2-3-4-9-5-7-10(11)8-6-9/h9-32H,3-8H2,1-2H3;7-12,15-34H,3-6,13-14H2,1-2H3;1-18,25-26H;5-8H,2-4H2,1H3. The van der Waals surface area contributed by atoms with Crippen molar-refractivity contribution in [1.29, 1.82) is 0 Å². The Morgan fingerprint density at radius 2 is 0.305 bits per heavy atom. The lowest BCUT2D eigenvalue weighted by Crippen LogP contribution is -2.10. The van der Waals surface area contributed by atoms with Crippen LogP contribution in [0.4, 0.5) is 91.0 Å². The number of hydrogen-bond acceptors (Lipinski definition) is 6. The van der Waals surface area contributed by atoms with Gasteiger partial charge in [-0.3, -0.25) is 0 Å². The Bertz CT molecular complexity index is 5790. The van der Waals surface area contributed by atoms with Crippen LogP contribution in [0.15, 0.2) is 450 Å². The molecule has 0 aliphatic carbocycles. The first-order valence-corrected chi connectivity index (χ1v) is 49.0. The molecule has 0 fully saturated rings. The van der Waals surface area contributed by atoms with Crippen LogP contribution in [0.25, 0.3) is 33.4 Å². The summed E-state index contributed by atoms with van der Waals surface area (Å²) in [4.78, 5) is 9.32. The molecule has 0 unspecified atom stereocenters. The van der Waals surface area contributed by atoms with Gasteiger partial charge in [0.2, 0.25) is 0 Å². The highest BCUT2D eigenvalue weighted by Crippen LogP contribution is 2.43. The maximum atomic E-state index is 3.61. The number of anilines is 16. The number of hydrogen-bond donors (Lipinski definition) is 2. The first kappa shape index (κ1) is 94.1. The number of nitrogens with one attached hydrogen (secondary N) is 2. The minimum absolute atomic E-state index is 1.07. The summed E-state index contributed by atoms with van der Waals surface area (Å²) in [5.41, 5.74) is 32.3. The van der Waals surface area contributed by atoms with Gasteiger partial charge in [-0.2, -0.15) is 0 Å². The minimum atomic E-state index is 1.07. The van der Waals surface area contributed by atoms with Crippen LogP contribution in [0.5, 0.6) is 0 Å². The normalized spacial score (nSPS) is 10.7. The number of aryl methyl sites for hydroxylation is 5. The van der Waals surface area contributed by atoms with Gasteiger partial charge in [0.1, 0.15) is 0 Å². The molecule has 0 radical (unpaired) electrons. The smallest absolute Gasteiger partial charge is 0.0462 e.